The van der Waals surface area contributed by atoms with Crippen molar-refractivity contribution in [1.82, 2.24) is 0 Å². The van der Waals surface area contributed by atoms with Crippen molar-refractivity contribution < 1.29 is 0 Å². The summed E-state index contributed by atoms with van der Waals surface area (Å²) in [5, 5.41) is 0. The Morgan fingerprint density at radius 2 is 1.75 bits per heavy atom. The van der Waals surface area contributed by atoms with Gasteiger partial charge in [-0.3, -0.25) is 0 Å². The molecule has 0 aliphatic heterocycles. The summed E-state index contributed by atoms with van der Waals surface area (Å²) >= 11 is 0. The zero-order valence-corrected chi connectivity index (χ0v) is 5.54. The Hall–Kier alpha value is -0.260. The average Bonchev–Trinajstić information content (AvgIpc) is 1.90. The van der Waals surface area contributed by atoms with Gasteiger partial charge in [0.25, 0.3) is 0 Å². The minimum atomic E-state index is 1.32. The fourth-order valence-corrected chi connectivity index (χ4v) is 1.23. The van der Waals surface area contributed by atoms with E-state index in [9.17, 15) is 0 Å². The molecule has 0 unspecified atom stereocenters. The smallest absolute Gasteiger partial charge is 0.0314 e. The largest absolute Gasteiger partial charge is 0.0670 e. The first kappa shape index (κ1) is 5.87. The van der Waals surface area contributed by atoms with Crippen LogP contribution in [0.15, 0.2) is 5.57 Å². The molecule has 0 saturated heterocycles. The lowest BCUT2D eigenvalue weighted by Gasteiger charge is -2.11. The SMILES string of the molecule is C[C]=C1CCCCC1. The molecule has 0 bridgehead atoms. The highest BCUT2D eigenvalue weighted by Gasteiger charge is 2.02. The van der Waals surface area contributed by atoms with Crippen LogP contribution in [0.2, 0.25) is 0 Å². The molecule has 1 fully saturated rings. The van der Waals surface area contributed by atoms with Crippen LogP contribution in [0.25, 0.3) is 0 Å². The first-order valence-electron chi connectivity index (χ1n) is 3.46. The molecule has 0 aromatic rings. The van der Waals surface area contributed by atoms with Crippen LogP contribution < -0.4 is 0 Å². The van der Waals surface area contributed by atoms with E-state index in [-0.39, 0.29) is 0 Å². The second-order valence-electron chi connectivity index (χ2n) is 2.41. The summed E-state index contributed by atoms with van der Waals surface area (Å²) in [5.41, 5.74) is 1.55. The van der Waals surface area contributed by atoms with Crippen molar-refractivity contribution in [2.24, 2.45) is 0 Å². The van der Waals surface area contributed by atoms with Crippen LogP contribution in [0.3, 0.4) is 0 Å². The van der Waals surface area contributed by atoms with Gasteiger partial charge < -0.3 is 0 Å². The third-order valence-corrected chi connectivity index (χ3v) is 1.81. The van der Waals surface area contributed by atoms with Gasteiger partial charge in [-0.25, -0.2) is 0 Å². The molecule has 0 amide bonds. The summed E-state index contributed by atoms with van der Waals surface area (Å²) < 4.78 is 0. The highest BCUT2D eigenvalue weighted by molar-refractivity contribution is 4.97. The summed E-state index contributed by atoms with van der Waals surface area (Å²) in [7, 11) is 0. The van der Waals surface area contributed by atoms with E-state index < -0.39 is 0 Å². The van der Waals surface area contributed by atoms with Crippen LogP contribution in [-0.4, -0.2) is 0 Å². The van der Waals surface area contributed by atoms with Gasteiger partial charge in [0.05, 0.1) is 0 Å². The van der Waals surface area contributed by atoms with Crippen molar-refractivity contribution in [1.29, 1.82) is 0 Å². The normalized spacial score (nSPS) is 20.9. The number of allylic oxidation sites excluding steroid dienone is 2. The van der Waals surface area contributed by atoms with Gasteiger partial charge in [-0.05, 0) is 38.7 Å². The number of rotatable bonds is 0. The first-order valence-corrected chi connectivity index (χ1v) is 3.46. The topological polar surface area (TPSA) is 0 Å². The highest BCUT2D eigenvalue weighted by atomic mass is 14.1. The molecule has 1 aliphatic carbocycles. The van der Waals surface area contributed by atoms with Gasteiger partial charge in [0.15, 0.2) is 0 Å². The summed E-state index contributed by atoms with van der Waals surface area (Å²) in [5.74, 6) is 0. The molecular weight excluding hydrogens is 96.1 g/mol. The molecule has 45 valence electrons. The fourth-order valence-electron chi connectivity index (χ4n) is 1.23. The molecule has 0 aromatic carbocycles. The summed E-state index contributed by atoms with van der Waals surface area (Å²) in [4.78, 5) is 0. The van der Waals surface area contributed by atoms with E-state index in [1.165, 1.54) is 32.1 Å². The Morgan fingerprint density at radius 3 is 2.12 bits per heavy atom. The van der Waals surface area contributed by atoms with Crippen molar-refractivity contribution in [2.75, 3.05) is 0 Å². The minimum Gasteiger partial charge on any atom is -0.0670 e. The lowest BCUT2D eigenvalue weighted by Crippen LogP contribution is -1.92. The van der Waals surface area contributed by atoms with E-state index in [1.54, 1.807) is 5.57 Å². The van der Waals surface area contributed by atoms with Crippen molar-refractivity contribution in [2.45, 2.75) is 39.0 Å². The maximum Gasteiger partial charge on any atom is -0.0314 e. The molecule has 0 spiro atoms. The molecule has 0 N–H and O–H groups in total. The molecule has 0 heteroatoms. The Labute approximate surface area is 51.6 Å². The minimum absolute atomic E-state index is 1.32. The van der Waals surface area contributed by atoms with Gasteiger partial charge in [-0.2, -0.15) is 0 Å². The molecule has 0 heterocycles. The van der Waals surface area contributed by atoms with Crippen molar-refractivity contribution >= 4 is 0 Å². The van der Waals surface area contributed by atoms with E-state index in [2.05, 4.69) is 6.08 Å². The van der Waals surface area contributed by atoms with Crippen LogP contribution in [0.4, 0.5) is 0 Å². The van der Waals surface area contributed by atoms with E-state index in [1.807, 2.05) is 6.92 Å². The molecule has 1 radical (unpaired) electrons. The second kappa shape index (κ2) is 2.91. The van der Waals surface area contributed by atoms with Gasteiger partial charge >= 0.3 is 0 Å². The quantitative estimate of drug-likeness (QED) is 0.448. The van der Waals surface area contributed by atoms with Crippen LogP contribution in [-0.2, 0) is 0 Å². The molecule has 0 nitrogen and oxygen atoms in total. The fraction of sp³-hybridized carbons (Fsp3) is 0.750. The molecule has 0 aromatic heterocycles. The molecule has 0 atom stereocenters. The predicted molar refractivity (Wildman–Crippen MR) is 35.5 cm³/mol. The van der Waals surface area contributed by atoms with Gasteiger partial charge in [-0.1, -0.05) is 12.0 Å². The lowest BCUT2D eigenvalue weighted by atomic mass is 9.95. The van der Waals surface area contributed by atoms with E-state index in [0.717, 1.165) is 0 Å². The van der Waals surface area contributed by atoms with Crippen LogP contribution in [0.1, 0.15) is 39.0 Å². The van der Waals surface area contributed by atoms with E-state index >= 15 is 0 Å². The number of hydrogen-bond donors (Lipinski definition) is 0. The predicted octanol–water partition coefficient (Wildman–Crippen LogP) is 2.70. The van der Waals surface area contributed by atoms with E-state index in [0.29, 0.717) is 0 Å². The lowest BCUT2D eigenvalue weighted by molar-refractivity contribution is 0.596. The average molecular weight is 109 g/mol. The molecular formula is C8H13. The standard InChI is InChI=1S/C8H13/c1-2-8-6-4-3-5-7-8/h3-7H2,1H3. The third-order valence-electron chi connectivity index (χ3n) is 1.81. The van der Waals surface area contributed by atoms with Crippen LogP contribution in [0.5, 0.6) is 0 Å². The Balaban J connectivity index is 2.33. The summed E-state index contributed by atoms with van der Waals surface area (Å²) in [6.07, 6.45) is 10.1. The number of hydrogen-bond acceptors (Lipinski definition) is 0. The Kier molecular flexibility index (Phi) is 2.13. The Morgan fingerprint density at radius 1 is 1.12 bits per heavy atom. The highest BCUT2D eigenvalue weighted by Crippen LogP contribution is 2.21. The van der Waals surface area contributed by atoms with Crippen molar-refractivity contribution in [3.8, 4) is 0 Å². The monoisotopic (exact) mass is 109 g/mol. The van der Waals surface area contributed by atoms with Crippen LogP contribution >= 0.6 is 0 Å². The van der Waals surface area contributed by atoms with Crippen molar-refractivity contribution in [3.63, 3.8) is 0 Å². The maximum atomic E-state index is 3.22. The second-order valence-corrected chi connectivity index (χ2v) is 2.41. The molecule has 1 saturated carbocycles. The van der Waals surface area contributed by atoms with Crippen molar-refractivity contribution in [3.05, 3.63) is 11.6 Å². The summed E-state index contributed by atoms with van der Waals surface area (Å²) in [6, 6.07) is 0. The third kappa shape index (κ3) is 1.36. The molecule has 1 rings (SSSR count). The van der Waals surface area contributed by atoms with E-state index in [4.69, 9.17) is 0 Å². The first-order chi connectivity index (χ1) is 3.93. The molecule has 8 heavy (non-hydrogen) atoms. The van der Waals surface area contributed by atoms with Gasteiger partial charge in [-0.15, -0.1) is 0 Å². The molecule has 1 aliphatic rings. The zero-order chi connectivity index (χ0) is 5.82. The van der Waals surface area contributed by atoms with Gasteiger partial charge in [0.2, 0.25) is 0 Å². The maximum absolute atomic E-state index is 3.22. The van der Waals surface area contributed by atoms with Gasteiger partial charge in [0, 0.05) is 0 Å². The van der Waals surface area contributed by atoms with Gasteiger partial charge in [0.1, 0.15) is 0 Å². The van der Waals surface area contributed by atoms with Crippen LogP contribution in [0, 0.1) is 6.08 Å². The summed E-state index contributed by atoms with van der Waals surface area (Å²) in [6.45, 7) is 2.03. The Bertz CT molecular complexity index is 82.2. The zero-order valence-electron chi connectivity index (χ0n) is 5.54.